The predicted octanol–water partition coefficient (Wildman–Crippen LogP) is 4.96. The molecule has 0 amide bonds. The average molecular weight is 449 g/mol. The van der Waals surface area contributed by atoms with Crippen molar-refractivity contribution >= 4 is 17.9 Å². The van der Waals surface area contributed by atoms with Crippen LogP contribution in [0.25, 0.3) is 0 Å². The molecule has 0 atom stereocenters. The van der Waals surface area contributed by atoms with Gasteiger partial charge in [0.15, 0.2) is 0 Å². The van der Waals surface area contributed by atoms with E-state index in [1.165, 1.54) is 6.08 Å². The van der Waals surface area contributed by atoms with Gasteiger partial charge in [0.25, 0.3) is 0 Å². The SMILES string of the molecule is C#CN/C(=C\C=C(C)C)NC(N=CC)=NCC(=C)C1=CC2=C(C(C)C)N(C)N=C(C2)C(F)=C1. The van der Waals surface area contributed by atoms with Crippen LogP contribution < -0.4 is 10.6 Å². The highest BCUT2D eigenvalue weighted by Crippen LogP contribution is 2.33. The lowest BCUT2D eigenvalue weighted by Crippen LogP contribution is -2.28. The van der Waals surface area contributed by atoms with Gasteiger partial charge in [0.05, 0.1) is 6.54 Å². The molecule has 7 heteroatoms. The third-order valence-electron chi connectivity index (χ3n) is 4.86. The molecule has 2 aliphatic rings. The summed E-state index contributed by atoms with van der Waals surface area (Å²) >= 11 is 0. The molecule has 0 spiro atoms. The second-order valence-corrected chi connectivity index (χ2v) is 8.25. The summed E-state index contributed by atoms with van der Waals surface area (Å²) in [6, 6.07) is 2.39. The van der Waals surface area contributed by atoms with E-state index in [1.54, 1.807) is 18.1 Å². The van der Waals surface area contributed by atoms with E-state index in [9.17, 15) is 4.39 Å². The van der Waals surface area contributed by atoms with Crippen molar-refractivity contribution in [3.8, 4) is 12.5 Å². The number of hydrogen-bond donors (Lipinski definition) is 2. The van der Waals surface area contributed by atoms with E-state index in [0.717, 1.165) is 16.8 Å². The number of fused-ring (bicyclic) bond motifs is 2. The van der Waals surface area contributed by atoms with E-state index in [-0.39, 0.29) is 18.3 Å². The third kappa shape index (κ3) is 7.18. The van der Waals surface area contributed by atoms with Crippen LogP contribution in [0.3, 0.4) is 0 Å². The Hall–Kier alpha value is -3.66. The lowest BCUT2D eigenvalue weighted by molar-refractivity contribution is 0.381. The first-order valence-corrected chi connectivity index (χ1v) is 10.8. The molecule has 6 nitrogen and oxygen atoms in total. The smallest absolute Gasteiger partial charge is 0.223 e. The van der Waals surface area contributed by atoms with Crippen molar-refractivity contribution in [3.05, 3.63) is 70.5 Å². The van der Waals surface area contributed by atoms with Crippen LogP contribution in [0.4, 0.5) is 4.39 Å². The fraction of sp³-hybridized carbons (Fsp3) is 0.346. The third-order valence-corrected chi connectivity index (χ3v) is 4.86. The molecule has 2 N–H and O–H groups in total. The topological polar surface area (TPSA) is 64.4 Å². The minimum Gasteiger partial charge on any atom is -0.310 e. The van der Waals surface area contributed by atoms with Gasteiger partial charge in [-0.05, 0) is 61.6 Å². The molecule has 0 fully saturated rings. The lowest BCUT2D eigenvalue weighted by atomic mass is 9.96. The van der Waals surface area contributed by atoms with Gasteiger partial charge < -0.3 is 10.6 Å². The number of hydrazone groups is 1. The van der Waals surface area contributed by atoms with E-state index in [1.807, 2.05) is 39.1 Å². The summed E-state index contributed by atoms with van der Waals surface area (Å²) in [7, 11) is 1.85. The number of rotatable bonds is 7. The highest BCUT2D eigenvalue weighted by molar-refractivity contribution is 6.02. The van der Waals surface area contributed by atoms with Crippen LogP contribution >= 0.6 is 0 Å². The largest absolute Gasteiger partial charge is 0.310 e. The molecule has 0 aromatic carbocycles. The maximum Gasteiger partial charge on any atom is 0.223 e. The summed E-state index contributed by atoms with van der Waals surface area (Å²) in [5.41, 5.74) is 5.00. The maximum atomic E-state index is 14.8. The highest BCUT2D eigenvalue weighted by Gasteiger charge is 2.26. The fourth-order valence-electron chi connectivity index (χ4n) is 3.46. The van der Waals surface area contributed by atoms with Gasteiger partial charge in [-0.3, -0.25) is 5.01 Å². The van der Waals surface area contributed by atoms with Gasteiger partial charge in [-0.2, -0.15) is 5.10 Å². The summed E-state index contributed by atoms with van der Waals surface area (Å²) < 4.78 is 14.8. The molecule has 1 aliphatic carbocycles. The quantitative estimate of drug-likeness (QED) is 0.190. The Kier molecular flexibility index (Phi) is 9.17. The molecule has 1 aliphatic heterocycles. The number of nitrogens with one attached hydrogen (secondary N) is 2. The van der Waals surface area contributed by atoms with Crippen LogP contribution in [0.2, 0.25) is 0 Å². The normalized spacial score (nSPS) is 16.7. The zero-order valence-electron chi connectivity index (χ0n) is 20.3. The molecule has 33 heavy (non-hydrogen) atoms. The first-order valence-electron chi connectivity index (χ1n) is 10.8. The van der Waals surface area contributed by atoms with Crippen LogP contribution in [0.5, 0.6) is 0 Å². The molecule has 0 aromatic rings. The molecule has 174 valence electrons. The van der Waals surface area contributed by atoms with Gasteiger partial charge >= 0.3 is 0 Å². The summed E-state index contributed by atoms with van der Waals surface area (Å²) in [6.45, 7) is 14.4. The molecule has 0 radical (unpaired) electrons. The second-order valence-electron chi connectivity index (χ2n) is 8.25. The Bertz CT molecular complexity index is 1070. The molecule has 0 saturated carbocycles. The number of hydrogen-bond acceptors (Lipinski definition) is 4. The molecule has 2 rings (SSSR count). The van der Waals surface area contributed by atoms with Crippen LogP contribution in [0.15, 0.2) is 85.6 Å². The second kappa shape index (κ2) is 11.8. The van der Waals surface area contributed by atoms with Gasteiger partial charge in [-0.1, -0.05) is 38.5 Å². The summed E-state index contributed by atoms with van der Waals surface area (Å²) in [5, 5.41) is 12.1. The van der Waals surface area contributed by atoms with Crippen LogP contribution in [-0.4, -0.2) is 36.5 Å². The van der Waals surface area contributed by atoms with Crippen molar-refractivity contribution in [1.29, 1.82) is 0 Å². The van der Waals surface area contributed by atoms with Crippen LogP contribution in [-0.2, 0) is 0 Å². The first kappa shape index (κ1) is 25.6. The number of halogens is 1. The number of allylic oxidation sites excluding steroid dienone is 8. The summed E-state index contributed by atoms with van der Waals surface area (Å²) in [5.74, 6) is 0.823. The zero-order valence-corrected chi connectivity index (χ0v) is 20.3. The molecule has 1 heterocycles. The fourth-order valence-corrected chi connectivity index (χ4v) is 3.46. The van der Waals surface area contributed by atoms with Gasteiger partial charge in [0, 0.05) is 31.4 Å². The van der Waals surface area contributed by atoms with Gasteiger partial charge in [0.2, 0.25) is 5.96 Å². The van der Waals surface area contributed by atoms with Crippen LogP contribution in [0, 0.1) is 18.4 Å². The van der Waals surface area contributed by atoms with E-state index in [2.05, 4.69) is 52.2 Å². The first-order chi connectivity index (χ1) is 15.7. The zero-order chi connectivity index (χ0) is 24.5. The Morgan fingerprint density at radius 1 is 1.36 bits per heavy atom. The summed E-state index contributed by atoms with van der Waals surface area (Å²) in [4.78, 5) is 8.82. The van der Waals surface area contributed by atoms with Crippen molar-refractivity contribution in [3.63, 3.8) is 0 Å². The Balaban J connectivity index is 2.33. The van der Waals surface area contributed by atoms with Gasteiger partial charge in [0.1, 0.15) is 17.4 Å². The van der Waals surface area contributed by atoms with E-state index in [0.29, 0.717) is 35.1 Å². The molecule has 0 saturated heterocycles. The summed E-state index contributed by atoms with van der Waals surface area (Å²) in [6.07, 6.45) is 14.7. The maximum absolute atomic E-state index is 14.8. The van der Waals surface area contributed by atoms with Crippen molar-refractivity contribution < 1.29 is 4.39 Å². The van der Waals surface area contributed by atoms with Crippen molar-refractivity contribution in [2.75, 3.05) is 13.6 Å². The molecule has 0 aromatic heterocycles. The minimum absolute atomic E-state index is 0.230. The number of aliphatic imine (C=N–C) groups is 2. The molecule has 0 unspecified atom stereocenters. The lowest BCUT2D eigenvalue weighted by Gasteiger charge is -2.28. The molecular weight excluding hydrogens is 415 g/mol. The van der Waals surface area contributed by atoms with Crippen molar-refractivity contribution in [2.24, 2.45) is 21.0 Å². The van der Waals surface area contributed by atoms with Crippen LogP contribution in [0.1, 0.15) is 41.0 Å². The Labute approximate surface area is 196 Å². The Morgan fingerprint density at radius 3 is 2.70 bits per heavy atom. The predicted molar refractivity (Wildman–Crippen MR) is 137 cm³/mol. The van der Waals surface area contributed by atoms with E-state index in [4.69, 9.17) is 6.42 Å². The highest BCUT2D eigenvalue weighted by atomic mass is 19.1. The monoisotopic (exact) mass is 448 g/mol. The standard InChI is InChI=1S/C26H33FN6/c1-9-28-24(12-11-17(3)4)31-26(29-10-2)30-16-19(7)20-13-21-15-23(22(27)14-20)32-33(8)25(21)18(5)6/h1,10-14,18,28H,7,15-16H2,2-6,8H3,(H,30,31)/b24-12+,29-10?. The molecule has 2 bridgehead atoms. The van der Waals surface area contributed by atoms with Crippen molar-refractivity contribution in [1.82, 2.24) is 15.6 Å². The number of terminal acetylenes is 1. The van der Waals surface area contributed by atoms with E-state index >= 15 is 0 Å². The average Bonchev–Trinajstić information content (AvgIpc) is 2.86. The van der Waals surface area contributed by atoms with Gasteiger partial charge in [-0.25, -0.2) is 14.4 Å². The minimum atomic E-state index is -0.355. The number of nitrogens with zero attached hydrogens (tertiary/aromatic N) is 4. The molecular formula is C26H33FN6. The number of guanidine groups is 1. The van der Waals surface area contributed by atoms with E-state index < -0.39 is 0 Å². The van der Waals surface area contributed by atoms with Crippen molar-refractivity contribution in [2.45, 2.75) is 41.0 Å². The Morgan fingerprint density at radius 2 is 2.09 bits per heavy atom. The van der Waals surface area contributed by atoms with Gasteiger partial charge in [-0.15, -0.1) is 0 Å².